The fourth-order valence-corrected chi connectivity index (χ4v) is 2.31. The minimum absolute atomic E-state index is 0.0256. The summed E-state index contributed by atoms with van der Waals surface area (Å²) in [6, 6.07) is 7.03. The van der Waals surface area contributed by atoms with E-state index in [1.165, 1.54) is 0 Å². The largest absolute Gasteiger partial charge is 0.484 e. The molecule has 1 saturated heterocycles. The average Bonchev–Trinajstić information content (AvgIpc) is 2.96. The summed E-state index contributed by atoms with van der Waals surface area (Å²) < 4.78 is 5.36. The van der Waals surface area contributed by atoms with E-state index in [-0.39, 0.29) is 24.8 Å². The molecule has 0 unspecified atom stereocenters. The highest BCUT2D eigenvalue weighted by Gasteiger charge is 2.21. The van der Waals surface area contributed by atoms with E-state index in [9.17, 15) is 14.4 Å². The molecule has 0 atom stereocenters. The minimum Gasteiger partial charge on any atom is -0.484 e. The van der Waals surface area contributed by atoms with Crippen molar-refractivity contribution in [3.63, 3.8) is 0 Å². The van der Waals surface area contributed by atoms with E-state index < -0.39 is 5.97 Å². The monoisotopic (exact) mass is 320 g/mol. The number of carbonyl (C=O) groups excluding carboxylic acids is 2. The lowest BCUT2D eigenvalue weighted by molar-refractivity contribution is -0.137. The molecule has 0 radical (unpaired) electrons. The summed E-state index contributed by atoms with van der Waals surface area (Å²) in [5, 5.41) is 11.1. The molecule has 7 heteroatoms. The number of carboxylic acid groups (broad SMARTS) is 1. The number of amides is 2. The van der Waals surface area contributed by atoms with E-state index in [2.05, 4.69) is 5.32 Å². The quantitative estimate of drug-likeness (QED) is 0.701. The lowest BCUT2D eigenvalue weighted by atomic mass is 10.3. The van der Waals surface area contributed by atoms with Crippen LogP contribution in [0.1, 0.15) is 25.7 Å². The van der Waals surface area contributed by atoms with Gasteiger partial charge in [0.15, 0.2) is 6.61 Å². The van der Waals surface area contributed by atoms with Crippen LogP contribution in [-0.4, -0.2) is 42.6 Å². The molecule has 1 aromatic rings. The van der Waals surface area contributed by atoms with Gasteiger partial charge in [-0.2, -0.15) is 0 Å². The number of nitrogens with one attached hydrogen (secondary N) is 1. The fourth-order valence-electron chi connectivity index (χ4n) is 2.31. The maximum atomic E-state index is 11.6. The second-order valence-corrected chi connectivity index (χ2v) is 5.28. The van der Waals surface area contributed by atoms with Crippen LogP contribution in [0.5, 0.6) is 5.75 Å². The number of carbonyl (C=O) groups is 3. The molecule has 1 aromatic carbocycles. The topological polar surface area (TPSA) is 95.9 Å². The van der Waals surface area contributed by atoms with Crippen molar-refractivity contribution in [3.05, 3.63) is 24.3 Å². The van der Waals surface area contributed by atoms with E-state index in [4.69, 9.17) is 9.84 Å². The van der Waals surface area contributed by atoms with Gasteiger partial charge in [0.1, 0.15) is 5.75 Å². The van der Waals surface area contributed by atoms with Crippen molar-refractivity contribution in [2.45, 2.75) is 25.7 Å². The third-order valence-corrected chi connectivity index (χ3v) is 3.48. The lowest BCUT2D eigenvalue weighted by Crippen LogP contribution is -2.30. The molecule has 1 aliphatic rings. The Kier molecular flexibility index (Phi) is 5.96. The molecule has 124 valence electrons. The molecule has 2 amide bonds. The Labute approximate surface area is 134 Å². The van der Waals surface area contributed by atoms with Crippen LogP contribution in [-0.2, 0) is 14.4 Å². The first-order valence-corrected chi connectivity index (χ1v) is 7.58. The van der Waals surface area contributed by atoms with Crippen molar-refractivity contribution in [3.8, 4) is 5.75 Å². The Morgan fingerprint density at radius 3 is 2.61 bits per heavy atom. The van der Waals surface area contributed by atoms with Crippen molar-refractivity contribution in [2.75, 3.05) is 24.6 Å². The molecule has 0 spiro atoms. The van der Waals surface area contributed by atoms with Gasteiger partial charge in [-0.05, 0) is 37.1 Å². The summed E-state index contributed by atoms with van der Waals surface area (Å²) in [6.45, 7) is 0.914. The van der Waals surface area contributed by atoms with E-state index in [1.54, 1.807) is 29.2 Å². The normalized spacial score (nSPS) is 13.9. The third-order valence-electron chi connectivity index (χ3n) is 3.48. The van der Waals surface area contributed by atoms with Crippen molar-refractivity contribution in [2.24, 2.45) is 0 Å². The Bertz CT molecular complexity index is 570. The van der Waals surface area contributed by atoms with Crippen molar-refractivity contribution in [1.29, 1.82) is 0 Å². The van der Waals surface area contributed by atoms with E-state index in [0.717, 1.165) is 18.7 Å². The second-order valence-electron chi connectivity index (χ2n) is 5.28. The first kappa shape index (κ1) is 16.8. The van der Waals surface area contributed by atoms with E-state index in [0.29, 0.717) is 25.1 Å². The van der Waals surface area contributed by atoms with Gasteiger partial charge in [0, 0.05) is 31.6 Å². The number of benzene rings is 1. The molecule has 0 aromatic heterocycles. The van der Waals surface area contributed by atoms with Crippen molar-refractivity contribution >= 4 is 23.5 Å². The van der Waals surface area contributed by atoms with E-state index >= 15 is 0 Å². The number of hydrogen-bond donors (Lipinski definition) is 2. The molecule has 23 heavy (non-hydrogen) atoms. The van der Waals surface area contributed by atoms with Gasteiger partial charge in [-0.1, -0.05) is 0 Å². The number of carboxylic acids is 1. The molecule has 1 heterocycles. The Hall–Kier alpha value is -2.57. The van der Waals surface area contributed by atoms with Crippen LogP contribution in [0.4, 0.5) is 5.69 Å². The molecule has 1 fully saturated rings. The highest BCUT2D eigenvalue weighted by Crippen LogP contribution is 2.23. The van der Waals surface area contributed by atoms with Gasteiger partial charge in [-0.3, -0.25) is 14.4 Å². The SMILES string of the molecule is O=C(O)CCCNC(=O)COc1ccc(N2CCCC2=O)cc1. The number of anilines is 1. The summed E-state index contributed by atoms with van der Waals surface area (Å²) in [5.41, 5.74) is 0.831. The summed E-state index contributed by atoms with van der Waals surface area (Å²) in [4.78, 5) is 35.3. The van der Waals surface area contributed by atoms with Gasteiger partial charge in [0.25, 0.3) is 5.91 Å². The van der Waals surface area contributed by atoms with Gasteiger partial charge in [0.05, 0.1) is 0 Å². The van der Waals surface area contributed by atoms with Gasteiger partial charge >= 0.3 is 5.97 Å². The first-order chi connectivity index (χ1) is 11.1. The highest BCUT2D eigenvalue weighted by atomic mass is 16.5. The number of hydrogen-bond acceptors (Lipinski definition) is 4. The Balaban J connectivity index is 1.72. The van der Waals surface area contributed by atoms with Crippen LogP contribution in [0.3, 0.4) is 0 Å². The molecular formula is C16H20N2O5. The van der Waals surface area contributed by atoms with Crippen LogP contribution >= 0.6 is 0 Å². The predicted octanol–water partition coefficient (Wildman–Crippen LogP) is 1.17. The molecule has 7 nitrogen and oxygen atoms in total. The number of ether oxygens (including phenoxy) is 1. The molecule has 0 aliphatic carbocycles. The summed E-state index contributed by atoms with van der Waals surface area (Å²) >= 11 is 0. The first-order valence-electron chi connectivity index (χ1n) is 7.58. The number of aliphatic carboxylic acids is 1. The second kappa shape index (κ2) is 8.17. The predicted molar refractivity (Wildman–Crippen MR) is 83.4 cm³/mol. The number of nitrogens with zero attached hydrogens (tertiary/aromatic N) is 1. The maximum Gasteiger partial charge on any atom is 0.303 e. The summed E-state index contributed by atoms with van der Waals surface area (Å²) in [5.74, 6) is -0.512. The zero-order valence-corrected chi connectivity index (χ0v) is 12.8. The molecule has 2 N–H and O–H groups in total. The standard InChI is InChI=1S/C16H20N2O5/c19-14(17-9-1-4-16(21)22)11-23-13-7-5-12(6-8-13)18-10-2-3-15(18)20/h5-8H,1-4,9-11H2,(H,17,19)(H,21,22). The minimum atomic E-state index is -0.882. The molecule has 0 saturated carbocycles. The Morgan fingerprint density at radius 1 is 1.26 bits per heavy atom. The molecule has 0 bridgehead atoms. The van der Waals surface area contributed by atoms with Gasteiger partial charge in [-0.15, -0.1) is 0 Å². The highest BCUT2D eigenvalue weighted by molar-refractivity contribution is 5.95. The maximum absolute atomic E-state index is 11.6. The van der Waals surface area contributed by atoms with Crippen molar-refractivity contribution < 1.29 is 24.2 Å². The average molecular weight is 320 g/mol. The smallest absolute Gasteiger partial charge is 0.303 e. The van der Waals surface area contributed by atoms with Gasteiger partial charge in [-0.25, -0.2) is 0 Å². The van der Waals surface area contributed by atoms with Gasteiger partial charge < -0.3 is 20.1 Å². The molecule has 1 aliphatic heterocycles. The van der Waals surface area contributed by atoms with E-state index in [1.807, 2.05) is 0 Å². The van der Waals surface area contributed by atoms with Crippen LogP contribution < -0.4 is 15.0 Å². The number of rotatable bonds is 8. The third kappa shape index (κ3) is 5.28. The zero-order chi connectivity index (χ0) is 16.7. The van der Waals surface area contributed by atoms with Crippen molar-refractivity contribution in [1.82, 2.24) is 5.32 Å². The molecular weight excluding hydrogens is 300 g/mol. The van der Waals surface area contributed by atoms with Crippen LogP contribution in [0.25, 0.3) is 0 Å². The molecule has 2 rings (SSSR count). The van der Waals surface area contributed by atoms with Crippen LogP contribution in [0.2, 0.25) is 0 Å². The zero-order valence-electron chi connectivity index (χ0n) is 12.8. The van der Waals surface area contributed by atoms with Gasteiger partial charge in [0.2, 0.25) is 5.91 Å². The lowest BCUT2D eigenvalue weighted by Gasteiger charge is -2.16. The summed E-state index contributed by atoms with van der Waals surface area (Å²) in [7, 11) is 0. The fraction of sp³-hybridized carbons (Fsp3) is 0.438. The van der Waals surface area contributed by atoms with Crippen LogP contribution in [0, 0.1) is 0 Å². The van der Waals surface area contributed by atoms with Crippen LogP contribution in [0.15, 0.2) is 24.3 Å². The Morgan fingerprint density at radius 2 is 2.00 bits per heavy atom. The summed E-state index contributed by atoms with van der Waals surface area (Å²) in [6.07, 6.45) is 1.87.